The van der Waals surface area contributed by atoms with Gasteiger partial charge in [-0.05, 0) is 86.0 Å². The number of urea groups is 1. The fourth-order valence-electron chi connectivity index (χ4n) is 9.19. The fourth-order valence-corrected chi connectivity index (χ4v) is 9.19. The maximum Gasteiger partial charge on any atom is 0.331 e. The molecule has 1 heterocycles. The SMILES string of the molecule is CN(C(=O)NCCN)[C@H]1CC[C@@]2(C)[C@H](CC[C@@H]3[C@@H]2C[C@@H](O)[C@]2(C)[C@@H](C4=CC(=O)OC4)CC[C@]32O)C1. The zero-order chi connectivity index (χ0) is 25.2. The first-order valence-electron chi connectivity index (χ1n) is 13.5. The number of carbonyl (C=O) groups is 2. The van der Waals surface area contributed by atoms with Crippen molar-refractivity contribution < 1.29 is 24.5 Å². The third-order valence-corrected chi connectivity index (χ3v) is 11.3. The van der Waals surface area contributed by atoms with Crippen molar-refractivity contribution >= 4 is 12.0 Å². The second-order valence-electron chi connectivity index (χ2n) is 12.4. The molecule has 0 aromatic rings. The number of rotatable bonds is 4. The summed E-state index contributed by atoms with van der Waals surface area (Å²) in [5, 5.41) is 26.9. The lowest BCUT2D eigenvalue weighted by atomic mass is 9.42. The molecule has 0 bridgehead atoms. The minimum absolute atomic E-state index is 0.0307. The van der Waals surface area contributed by atoms with Gasteiger partial charge in [-0.25, -0.2) is 9.59 Å². The molecule has 0 aromatic carbocycles. The van der Waals surface area contributed by atoms with Gasteiger partial charge in [0.1, 0.15) is 6.61 Å². The average Bonchev–Trinajstić information content (AvgIpc) is 3.38. The number of fused-ring (bicyclic) bond motifs is 5. The van der Waals surface area contributed by atoms with Crippen molar-refractivity contribution in [1.29, 1.82) is 0 Å². The Bertz CT molecular complexity index is 909. The van der Waals surface area contributed by atoms with Crippen molar-refractivity contribution in [3.63, 3.8) is 0 Å². The molecule has 5 N–H and O–H groups in total. The molecule has 9 atom stereocenters. The summed E-state index contributed by atoms with van der Waals surface area (Å²) >= 11 is 0. The zero-order valence-electron chi connectivity index (χ0n) is 21.5. The number of carbonyl (C=O) groups excluding carboxylic acids is 2. The number of esters is 1. The van der Waals surface area contributed by atoms with Crippen molar-refractivity contribution in [3.05, 3.63) is 11.6 Å². The van der Waals surface area contributed by atoms with Crippen LogP contribution in [0, 0.1) is 34.5 Å². The van der Waals surface area contributed by atoms with Crippen LogP contribution in [-0.2, 0) is 9.53 Å². The highest BCUT2D eigenvalue weighted by molar-refractivity contribution is 5.85. The van der Waals surface area contributed by atoms with Crippen LogP contribution in [0.4, 0.5) is 4.79 Å². The van der Waals surface area contributed by atoms with Crippen molar-refractivity contribution in [2.45, 2.75) is 83.0 Å². The molecule has 196 valence electrons. The van der Waals surface area contributed by atoms with Gasteiger partial charge in [-0.15, -0.1) is 0 Å². The molecule has 5 rings (SSSR count). The molecule has 0 saturated heterocycles. The molecule has 0 spiro atoms. The molecule has 0 radical (unpaired) electrons. The van der Waals surface area contributed by atoms with Crippen LogP contribution in [0.25, 0.3) is 0 Å². The van der Waals surface area contributed by atoms with Gasteiger partial charge >= 0.3 is 12.0 Å². The molecule has 8 heteroatoms. The second kappa shape index (κ2) is 8.73. The van der Waals surface area contributed by atoms with Crippen molar-refractivity contribution in [2.75, 3.05) is 26.7 Å². The molecule has 8 nitrogen and oxygen atoms in total. The third kappa shape index (κ3) is 3.57. The zero-order valence-corrected chi connectivity index (χ0v) is 21.5. The van der Waals surface area contributed by atoms with E-state index in [4.69, 9.17) is 10.5 Å². The smallest absolute Gasteiger partial charge is 0.331 e. The summed E-state index contributed by atoms with van der Waals surface area (Å²) in [6, 6.07) is 0.142. The number of nitrogens with two attached hydrogens (primary N) is 1. The van der Waals surface area contributed by atoms with E-state index in [9.17, 15) is 19.8 Å². The number of aliphatic hydroxyl groups is 2. The summed E-state index contributed by atoms with van der Waals surface area (Å²) < 4.78 is 5.20. The Morgan fingerprint density at radius 2 is 1.97 bits per heavy atom. The summed E-state index contributed by atoms with van der Waals surface area (Å²) in [6.07, 6.45) is 7.95. The molecular weight excluding hydrogens is 446 g/mol. The number of nitrogens with one attached hydrogen (secondary N) is 1. The summed E-state index contributed by atoms with van der Waals surface area (Å²) in [5.74, 6) is 0.516. The number of cyclic esters (lactones) is 1. The van der Waals surface area contributed by atoms with Crippen molar-refractivity contribution in [1.82, 2.24) is 10.2 Å². The fraction of sp³-hybridized carbons (Fsp3) is 0.852. The molecule has 4 saturated carbocycles. The number of hydrogen-bond donors (Lipinski definition) is 4. The molecule has 5 aliphatic rings. The minimum Gasteiger partial charge on any atom is -0.458 e. The lowest BCUT2D eigenvalue weighted by molar-refractivity contribution is -0.243. The molecule has 4 fully saturated rings. The standard InChI is InChI=1S/C27H43N3O5/c1-25-8-6-18(30(3)24(33)29-11-10-28)13-17(25)4-5-20-21(25)14-22(31)26(2)19(7-9-27(20,26)34)16-12-23(32)35-15-16/h12,17-22,31,34H,4-11,13-15,28H2,1-3H3,(H,29,33)/t17-,18+,19-,20-,21+,22-,25+,26+,27+/m1/s1. The van der Waals surface area contributed by atoms with E-state index in [0.29, 0.717) is 31.8 Å². The van der Waals surface area contributed by atoms with E-state index >= 15 is 0 Å². The number of hydrogen-bond acceptors (Lipinski definition) is 6. The third-order valence-electron chi connectivity index (χ3n) is 11.3. The van der Waals surface area contributed by atoms with Crippen LogP contribution in [0.5, 0.6) is 0 Å². The number of aliphatic hydroxyl groups excluding tert-OH is 1. The Labute approximate surface area is 208 Å². The van der Waals surface area contributed by atoms with E-state index in [0.717, 1.165) is 44.1 Å². The lowest BCUT2D eigenvalue weighted by Crippen LogP contribution is -2.67. The van der Waals surface area contributed by atoms with Gasteiger partial charge in [0.15, 0.2) is 0 Å². The Morgan fingerprint density at radius 1 is 1.20 bits per heavy atom. The molecule has 0 aromatic heterocycles. The van der Waals surface area contributed by atoms with Gasteiger partial charge in [-0.2, -0.15) is 0 Å². The van der Waals surface area contributed by atoms with Crippen LogP contribution in [0.2, 0.25) is 0 Å². The van der Waals surface area contributed by atoms with Crippen LogP contribution in [0.3, 0.4) is 0 Å². The van der Waals surface area contributed by atoms with E-state index < -0.39 is 17.1 Å². The first kappa shape index (κ1) is 25.0. The summed E-state index contributed by atoms with van der Waals surface area (Å²) in [4.78, 5) is 26.2. The highest BCUT2D eigenvalue weighted by Crippen LogP contribution is 2.70. The number of nitrogens with zero attached hydrogens (tertiary/aromatic N) is 1. The topological polar surface area (TPSA) is 125 Å². The largest absolute Gasteiger partial charge is 0.458 e. The monoisotopic (exact) mass is 489 g/mol. The van der Waals surface area contributed by atoms with Crippen molar-refractivity contribution in [3.8, 4) is 0 Å². The molecule has 4 aliphatic carbocycles. The predicted octanol–water partition coefficient (Wildman–Crippen LogP) is 2.18. The van der Waals surface area contributed by atoms with Crippen molar-refractivity contribution in [2.24, 2.45) is 40.2 Å². The maximum absolute atomic E-state index is 12.5. The highest BCUT2D eigenvalue weighted by Gasteiger charge is 2.70. The normalized spacial score (nSPS) is 46.7. The van der Waals surface area contributed by atoms with E-state index in [-0.39, 0.29) is 47.8 Å². The number of amides is 2. The Hall–Kier alpha value is -1.64. The number of ether oxygens (including phenoxy) is 1. The molecule has 2 amide bonds. The van der Waals surface area contributed by atoms with Crippen LogP contribution in [0.15, 0.2) is 11.6 Å². The van der Waals surface area contributed by atoms with E-state index in [1.807, 2.05) is 11.9 Å². The van der Waals surface area contributed by atoms with E-state index in [1.54, 1.807) is 6.08 Å². The van der Waals surface area contributed by atoms with Gasteiger partial charge in [-0.3, -0.25) is 0 Å². The maximum atomic E-state index is 12.5. The summed E-state index contributed by atoms with van der Waals surface area (Å²) in [7, 11) is 1.88. The lowest BCUT2D eigenvalue weighted by Gasteiger charge is -2.65. The first-order valence-corrected chi connectivity index (χ1v) is 13.5. The van der Waals surface area contributed by atoms with E-state index in [2.05, 4.69) is 19.2 Å². The predicted molar refractivity (Wildman–Crippen MR) is 131 cm³/mol. The highest BCUT2D eigenvalue weighted by atomic mass is 16.5. The Kier molecular flexibility index (Phi) is 6.25. The Balaban J connectivity index is 1.36. The summed E-state index contributed by atoms with van der Waals surface area (Å²) in [5.41, 5.74) is 4.89. The van der Waals surface area contributed by atoms with Gasteiger partial charge < -0.3 is 30.9 Å². The summed E-state index contributed by atoms with van der Waals surface area (Å²) in [6.45, 7) is 5.61. The molecule has 1 aliphatic heterocycles. The Morgan fingerprint density at radius 3 is 2.66 bits per heavy atom. The first-order chi connectivity index (χ1) is 16.6. The van der Waals surface area contributed by atoms with Gasteiger partial charge in [0, 0.05) is 37.7 Å². The second-order valence-corrected chi connectivity index (χ2v) is 12.4. The van der Waals surface area contributed by atoms with Gasteiger partial charge in [0.2, 0.25) is 0 Å². The molecular formula is C27H43N3O5. The van der Waals surface area contributed by atoms with Crippen LogP contribution in [0.1, 0.15) is 65.2 Å². The average molecular weight is 490 g/mol. The molecule has 0 unspecified atom stereocenters. The van der Waals surface area contributed by atoms with Crippen LogP contribution in [-0.4, -0.2) is 71.6 Å². The van der Waals surface area contributed by atoms with Gasteiger partial charge in [0.05, 0.1) is 11.7 Å². The molecule has 35 heavy (non-hydrogen) atoms. The van der Waals surface area contributed by atoms with Gasteiger partial charge in [-0.1, -0.05) is 13.8 Å². The minimum atomic E-state index is -0.948. The van der Waals surface area contributed by atoms with Gasteiger partial charge in [0.25, 0.3) is 0 Å². The van der Waals surface area contributed by atoms with Crippen LogP contribution < -0.4 is 11.1 Å². The van der Waals surface area contributed by atoms with E-state index in [1.165, 1.54) is 0 Å². The quantitative estimate of drug-likeness (QED) is 0.449. The van der Waals surface area contributed by atoms with Crippen LogP contribution >= 0.6 is 0 Å².